The van der Waals surface area contributed by atoms with Gasteiger partial charge >= 0.3 is 0 Å². The van der Waals surface area contributed by atoms with E-state index in [1.54, 1.807) is 0 Å². The normalized spacial score (nSPS) is 39.0. The molecule has 1 saturated carbocycles. The number of nitrogens with one attached hydrogen (secondary N) is 1. The lowest BCUT2D eigenvalue weighted by Gasteiger charge is -2.34. The highest BCUT2D eigenvalue weighted by Gasteiger charge is 2.55. The molecule has 4 bridgehead atoms. The molecular formula is C17H22N2O. The summed E-state index contributed by atoms with van der Waals surface area (Å²) in [6, 6.07) is 10.4. The average Bonchev–Trinajstić information content (AvgIpc) is 2.87. The molecule has 1 N–H and O–H groups in total. The van der Waals surface area contributed by atoms with Gasteiger partial charge in [-0.25, -0.2) is 0 Å². The Labute approximate surface area is 120 Å². The van der Waals surface area contributed by atoms with E-state index in [9.17, 15) is 4.79 Å². The SMILES string of the molecule is CC(NC(=O)C1[C@@H]2C[C@H]3CN(C2)C[C@@H]13)c1ccccc1. The molecule has 3 heterocycles. The first kappa shape index (κ1) is 12.4. The van der Waals surface area contributed by atoms with Crippen molar-refractivity contribution in [3.05, 3.63) is 35.9 Å². The molecule has 20 heavy (non-hydrogen) atoms. The van der Waals surface area contributed by atoms with Crippen LogP contribution in [0.25, 0.3) is 0 Å². The van der Waals surface area contributed by atoms with Crippen molar-refractivity contribution < 1.29 is 4.79 Å². The molecule has 1 aliphatic carbocycles. The van der Waals surface area contributed by atoms with Crippen LogP contribution in [0.3, 0.4) is 0 Å². The van der Waals surface area contributed by atoms with Crippen molar-refractivity contribution in [1.29, 1.82) is 0 Å². The topological polar surface area (TPSA) is 32.3 Å². The van der Waals surface area contributed by atoms with Crippen LogP contribution in [0.4, 0.5) is 0 Å². The van der Waals surface area contributed by atoms with Gasteiger partial charge in [-0.3, -0.25) is 4.79 Å². The zero-order valence-electron chi connectivity index (χ0n) is 12.0. The summed E-state index contributed by atoms with van der Waals surface area (Å²) in [5.41, 5.74) is 1.19. The maximum absolute atomic E-state index is 12.7. The third-order valence-corrected chi connectivity index (χ3v) is 5.60. The highest BCUT2D eigenvalue weighted by atomic mass is 16.2. The maximum atomic E-state index is 12.7. The lowest BCUT2D eigenvalue weighted by Crippen LogP contribution is -2.45. The van der Waals surface area contributed by atoms with Gasteiger partial charge in [-0.2, -0.15) is 0 Å². The molecule has 1 aromatic carbocycles. The van der Waals surface area contributed by atoms with Crippen molar-refractivity contribution in [2.45, 2.75) is 19.4 Å². The van der Waals surface area contributed by atoms with Gasteiger partial charge in [-0.05, 0) is 36.7 Å². The lowest BCUT2D eigenvalue weighted by molar-refractivity contribution is -0.129. The van der Waals surface area contributed by atoms with Crippen molar-refractivity contribution in [3.8, 4) is 0 Å². The van der Waals surface area contributed by atoms with E-state index in [1.807, 2.05) is 18.2 Å². The Bertz CT molecular complexity index is 511. The number of rotatable bonds is 3. The zero-order chi connectivity index (χ0) is 13.7. The van der Waals surface area contributed by atoms with Crippen LogP contribution in [-0.4, -0.2) is 30.4 Å². The van der Waals surface area contributed by atoms with Gasteiger partial charge in [0.05, 0.1) is 6.04 Å². The maximum Gasteiger partial charge on any atom is 0.224 e. The second-order valence-corrected chi connectivity index (χ2v) is 6.81. The third-order valence-electron chi connectivity index (χ3n) is 5.60. The van der Waals surface area contributed by atoms with Crippen LogP contribution in [-0.2, 0) is 4.79 Å². The van der Waals surface area contributed by atoms with Crippen molar-refractivity contribution in [2.75, 3.05) is 19.6 Å². The monoisotopic (exact) mass is 270 g/mol. The van der Waals surface area contributed by atoms with E-state index >= 15 is 0 Å². The highest BCUT2D eigenvalue weighted by Crippen LogP contribution is 2.51. The van der Waals surface area contributed by atoms with E-state index in [0.29, 0.717) is 17.7 Å². The third kappa shape index (κ3) is 1.87. The highest BCUT2D eigenvalue weighted by molar-refractivity contribution is 5.80. The van der Waals surface area contributed by atoms with Crippen molar-refractivity contribution in [3.63, 3.8) is 0 Å². The number of hydrogen-bond acceptors (Lipinski definition) is 2. The fourth-order valence-corrected chi connectivity index (χ4v) is 4.74. The Kier molecular flexibility index (Phi) is 2.84. The number of hydrogen-bond donors (Lipinski definition) is 1. The van der Waals surface area contributed by atoms with Gasteiger partial charge < -0.3 is 10.2 Å². The average molecular weight is 270 g/mol. The van der Waals surface area contributed by atoms with Crippen LogP contribution in [0.1, 0.15) is 24.9 Å². The number of carbonyl (C=O) groups is 1. The number of nitrogens with zero attached hydrogens (tertiary/aromatic N) is 1. The van der Waals surface area contributed by atoms with E-state index in [-0.39, 0.29) is 12.0 Å². The minimum absolute atomic E-state index is 0.111. The smallest absolute Gasteiger partial charge is 0.224 e. The first-order valence-electron chi connectivity index (χ1n) is 7.80. The second-order valence-electron chi connectivity index (χ2n) is 6.81. The van der Waals surface area contributed by atoms with Crippen molar-refractivity contribution in [1.82, 2.24) is 10.2 Å². The standard InChI is InChI=1S/C17H22N2O/c1-11(12-5-3-2-4-6-12)18-17(20)16-14-7-13-8-19(9-14)10-15(13)16/h2-6,11,13-16H,7-10H2,1H3,(H,18,20)/t11?,13-,14+,15+,16?/m0/s1. The van der Waals surface area contributed by atoms with Gasteiger partial charge in [-0.1, -0.05) is 30.3 Å². The Morgan fingerprint density at radius 3 is 2.70 bits per heavy atom. The molecule has 1 amide bonds. The molecule has 106 valence electrons. The Hall–Kier alpha value is -1.35. The summed E-state index contributed by atoms with van der Waals surface area (Å²) >= 11 is 0. The molecule has 0 spiro atoms. The lowest BCUT2D eigenvalue weighted by atomic mass is 9.85. The summed E-state index contributed by atoms with van der Waals surface area (Å²) in [4.78, 5) is 15.2. The molecular weight excluding hydrogens is 248 g/mol. The minimum Gasteiger partial charge on any atom is -0.349 e. The van der Waals surface area contributed by atoms with Crippen LogP contribution in [0.15, 0.2) is 30.3 Å². The quantitative estimate of drug-likeness (QED) is 0.912. The van der Waals surface area contributed by atoms with E-state index in [4.69, 9.17) is 0 Å². The Balaban J connectivity index is 1.46. The van der Waals surface area contributed by atoms with Gasteiger partial charge in [0, 0.05) is 25.6 Å². The Morgan fingerprint density at radius 1 is 1.20 bits per heavy atom. The number of carbonyl (C=O) groups excluding carboxylic acids is 1. The van der Waals surface area contributed by atoms with E-state index in [1.165, 1.54) is 18.5 Å². The van der Waals surface area contributed by atoms with Gasteiger partial charge in [0.2, 0.25) is 5.91 Å². The second kappa shape index (κ2) is 4.59. The fourth-order valence-electron chi connectivity index (χ4n) is 4.74. The predicted octanol–water partition coefficient (Wildman–Crippen LogP) is 2.06. The summed E-state index contributed by atoms with van der Waals surface area (Å²) < 4.78 is 0. The first-order chi connectivity index (χ1) is 9.72. The van der Waals surface area contributed by atoms with Crippen LogP contribution in [0.2, 0.25) is 0 Å². The molecule has 3 nitrogen and oxygen atoms in total. The van der Waals surface area contributed by atoms with E-state index in [2.05, 4.69) is 29.3 Å². The van der Waals surface area contributed by atoms with Crippen LogP contribution in [0.5, 0.6) is 0 Å². The van der Waals surface area contributed by atoms with E-state index < -0.39 is 0 Å². The summed E-state index contributed by atoms with van der Waals surface area (Å²) in [5, 5.41) is 3.25. The fraction of sp³-hybridized carbons (Fsp3) is 0.588. The molecule has 3 aliphatic heterocycles. The molecule has 3 saturated heterocycles. The molecule has 4 aliphatic rings. The summed E-state index contributed by atoms with van der Waals surface area (Å²) in [7, 11) is 0. The van der Waals surface area contributed by atoms with Gasteiger partial charge in [0.15, 0.2) is 0 Å². The summed E-state index contributed by atoms with van der Waals surface area (Å²) in [5.74, 6) is 2.58. The Morgan fingerprint density at radius 2 is 1.95 bits per heavy atom. The first-order valence-corrected chi connectivity index (χ1v) is 7.80. The molecule has 0 aromatic heterocycles. The largest absolute Gasteiger partial charge is 0.349 e. The summed E-state index contributed by atoms with van der Waals surface area (Å²) in [6.45, 7) is 5.62. The number of amides is 1. The molecule has 3 unspecified atom stereocenters. The van der Waals surface area contributed by atoms with E-state index in [0.717, 1.165) is 19.0 Å². The molecule has 5 rings (SSSR count). The molecule has 3 heteroatoms. The van der Waals surface area contributed by atoms with Crippen LogP contribution < -0.4 is 5.32 Å². The number of benzene rings is 1. The zero-order valence-corrected chi connectivity index (χ0v) is 12.0. The number of piperidine rings is 2. The van der Waals surface area contributed by atoms with Crippen molar-refractivity contribution in [2.24, 2.45) is 23.7 Å². The molecule has 4 fully saturated rings. The molecule has 0 radical (unpaired) electrons. The van der Waals surface area contributed by atoms with Crippen molar-refractivity contribution >= 4 is 5.91 Å². The predicted molar refractivity (Wildman–Crippen MR) is 78.0 cm³/mol. The van der Waals surface area contributed by atoms with Crippen LogP contribution >= 0.6 is 0 Å². The minimum atomic E-state index is 0.111. The van der Waals surface area contributed by atoms with Gasteiger partial charge in [0.25, 0.3) is 0 Å². The van der Waals surface area contributed by atoms with Gasteiger partial charge in [-0.15, -0.1) is 0 Å². The van der Waals surface area contributed by atoms with Crippen LogP contribution in [0, 0.1) is 23.7 Å². The van der Waals surface area contributed by atoms with Gasteiger partial charge in [0.1, 0.15) is 0 Å². The molecule has 1 aromatic rings. The molecule has 6 atom stereocenters. The summed E-state index contributed by atoms with van der Waals surface area (Å²) in [6.07, 6.45) is 1.28.